The van der Waals surface area contributed by atoms with Crippen LogP contribution in [0.3, 0.4) is 0 Å². The van der Waals surface area contributed by atoms with Gasteiger partial charge in [0.25, 0.3) is 0 Å². The number of hydrogen-bond donors (Lipinski definition) is 2. The maximum absolute atomic E-state index is 10.2. The molecule has 1 aromatic heterocycles. The van der Waals surface area contributed by atoms with Crippen LogP contribution in [-0.2, 0) is 18.2 Å². The van der Waals surface area contributed by atoms with E-state index in [0.29, 0.717) is 25.1 Å². The molecule has 2 fully saturated rings. The number of phenols is 1. The third kappa shape index (κ3) is 4.42. The predicted octanol–water partition coefficient (Wildman–Crippen LogP) is 2.10. The number of nitrogens with one attached hydrogen (secondary N) is 1. The minimum Gasteiger partial charge on any atom is -0.508 e. The predicted molar refractivity (Wildman–Crippen MR) is 105 cm³/mol. The van der Waals surface area contributed by atoms with Gasteiger partial charge in [-0.3, -0.25) is 0 Å². The molecule has 7 heteroatoms. The molecule has 0 aliphatic carbocycles. The minimum atomic E-state index is 0.277. The van der Waals surface area contributed by atoms with Gasteiger partial charge in [0.1, 0.15) is 5.75 Å². The summed E-state index contributed by atoms with van der Waals surface area (Å²) in [6.07, 6.45) is 5.88. The maximum atomic E-state index is 10.2. The molecule has 1 aromatic carbocycles. The number of benzene rings is 1. The summed E-state index contributed by atoms with van der Waals surface area (Å²) in [6.45, 7) is 4.21. The molecule has 2 N–H and O–H groups in total. The zero-order valence-corrected chi connectivity index (χ0v) is 16.0. The van der Waals surface area contributed by atoms with Gasteiger partial charge in [-0.15, -0.1) is 5.10 Å². The highest BCUT2D eigenvalue weighted by molar-refractivity contribution is 5.60. The first kappa shape index (κ1) is 18.3. The second-order valence-corrected chi connectivity index (χ2v) is 7.53. The van der Waals surface area contributed by atoms with Gasteiger partial charge in [0.15, 0.2) is 5.82 Å². The number of piperidine rings is 1. The third-order valence-electron chi connectivity index (χ3n) is 5.46. The molecule has 2 aliphatic rings. The van der Waals surface area contributed by atoms with E-state index in [0.717, 1.165) is 49.6 Å². The largest absolute Gasteiger partial charge is 0.508 e. The summed E-state index contributed by atoms with van der Waals surface area (Å²) in [5.74, 6) is 1.79. The van der Waals surface area contributed by atoms with Crippen LogP contribution in [0.4, 0.5) is 5.95 Å². The molecule has 0 spiro atoms. The molecule has 2 aliphatic heterocycles. The van der Waals surface area contributed by atoms with Crippen molar-refractivity contribution in [2.75, 3.05) is 37.7 Å². The fraction of sp³-hybridized carbons (Fsp3) is 0.600. The second kappa shape index (κ2) is 8.27. The van der Waals surface area contributed by atoms with Crippen LogP contribution in [0.1, 0.15) is 31.2 Å². The van der Waals surface area contributed by atoms with E-state index < -0.39 is 0 Å². The van der Waals surface area contributed by atoms with Crippen LogP contribution in [0.5, 0.6) is 5.75 Å². The Hall–Kier alpha value is -2.12. The zero-order valence-electron chi connectivity index (χ0n) is 16.0. The van der Waals surface area contributed by atoms with Crippen molar-refractivity contribution in [1.82, 2.24) is 20.1 Å². The molecule has 7 nitrogen and oxygen atoms in total. The van der Waals surface area contributed by atoms with Gasteiger partial charge in [0, 0.05) is 31.7 Å². The standard InChI is InChI=1S/C20H29N5O2/c1-24-20(25-8-10-27-11-9-25)22-19(23-24)16-12-15(13-18(26)14-16)5-6-17-4-2-3-7-21-17/h12-14,17,21,26H,2-11H2,1H3. The Morgan fingerprint density at radius 3 is 2.85 bits per heavy atom. The summed E-state index contributed by atoms with van der Waals surface area (Å²) in [5, 5.41) is 18.4. The van der Waals surface area contributed by atoms with E-state index in [4.69, 9.17) is 9.72 Å². The summed E-state index contributed by atoms with van der Waals surface area (Å²) >= 11 is 0. The first-order valence-corrected chi connectivity index (χ1v) is 9.99. The van der Waals surface area contributed by atoms with Crippen molar-refractivity contribution in [3.63, 3.8) is 0 Å². The van der Waals surface area contributed by atoms with Crippen molar-refractivity contribution in [2.24, 2.45) is 7.05 Å². The Bertz CT molecular complexity index is 764. The average Bonchev–Trinajstić information content (AvgIpc) is 3.09. The van der Waals surface area contributed by atoms with Crippen molar-refractivity contribution in [2.45, 2.75) is 38.1 Å². The van der Waals surface area contributed by atoms with Crippen molar-refractivity contribution in [1.29, 1.82) is 0 Å². The quantitative estimate of drug-likeness (QED) is 0.838. The van der Waals surface area contributed by atoms with E-state index in [1.54, 1.807) is 6.07 Å². The molecule has 0 amide bonds. The number of nitrogens with zero attached hydrogens (tertiary/aromatic N) is 4. The third-order valence-corrected chi connectivity index (χ3v) is 5.46. The van der Waals surface area contributed by atoms with Gasteiger partial charge in [0.05, 0.1) is 13.2 Å². The number of aromatic hydroxyl groups is 1. The van der Waals surface area contributed by atoms with E-state index in [9.17, 15) is 5.11 Å². The number of hydrogen-bond acceptors (Lipinski definition) is 6. The highest BCUT2D eigenvalue weighted by atomic mass is 16.5. The van der Waals surface area contributed by atoms with Crippen molar-refractivity contribution in [3.05, 3.63) is 23.8 Å². The maximum Gasteiger partial charge on any atom is 0.224 e. The van der Waals surface area contributed by atoms with Crippen LogP contribution in [0, 0.1) is 0 Å². The minimum absolute atomic E-state index is 0.277. The zero-order chi connectivity index (χ0) is 18.6. The molecule has 0 bridgehead atoms. The van der Waals surface area contributed by atoms with E-state index >= 15 is 0 Å². The smallest absolute Gasteiger partial charge is 0.224 e. The number of anilines is 1. The molecular formula is C20H29N5O2. The molecular weight excluding hydrogens is 342 g/mol. The Kier molecular flexibility index (Phi) is 5.59. The molecule has 2 aromatic rings. The van der Waals surface area contributed by atoms with E-state index in [-0.39, 0.29) is 5.75 Å². The van der Waals surface area contributed by atoms with E-state index in [1.807, 2.05) is 17.8 Å². The lowest BCUT2D eigenvalue weighted by Crippen LogP contribution is -2.37. The van der Waals surface area contributed by atoms with Crippen LogP contribution in [0.25, 0.3) is 11.4 Å². The van der Waals surface area contributed by atoms with Gasteiger partial charge >= 0.3 is 0 Å². The van der Waals surface area contributed by atoms with E-state index in [2.05, 4.69) is 21.4 Å². The molecule has 146 valence electrons. The van der Waals surface area contributed by atoms with Crippen LogP contribution in [-0.4, -0.2) is 58.8 Å². The molecule has 3 heterocycles. The number of morpholine rings is 1. The lowest BCUT2D eigenvalue weighted by molar-refractivity contribution is 0.121. The summed E-state index contributed by atoms with van der Waals surface area (Å²) in [7, 11) is 1.92. The van der Waals surface area contributed by atoms with Gasteiger partial charge in [-0.05, 0) is 56.0 Å². The van der Waals surface area contributed by atoms with Crippen LogP contribution < -0.4 is 10.2 Å². The molecule has 0 radical (unpaired) electrons. The highest BCUT2D eigenvalue weighted by Crippen LogP contribution is 2.26. The molecule has 4 rings (SSSR count). The number of rotatable bonds is 5. The Morgan fingerprint density at radius 2 is 2.07 bits per heavy atom. The highest BCUT2D eigenvalue weighted by Gasteiger charge is 2.19. The topological polar surface area (TPSA) is 75.4 Å². The summed E-state index contributed by atoms with van der Waals surface area (Å²) < 4.78 is 7.24. The van der Waals surface area contributed by atoms with Gasteiger partial charge in [0.2, 0.25) is 5.95 Å². The first-order chi connectivity index (χ1) is 13.2. The fourth-order valence-corrected chi connectivity index (χ4v) is 4.00. The van der Waals surface area contributed by atoms with Crippen LogP contribution in [0.15, 0.2) is 18.2 Å². The van der Waals surface area contributed by atoms with Gasteiger partial charge in [-0.25, -0.2) is 4.68 Å². The normalized spacial score (nSPS) is 20.8. The van der Waals surface area contributed by atoms with Crippen LogP contribution >= 0.6 is 0 Å². The van der Waals surface area contributed by atoms with Gasteiger partial charge in [-0.2, -0.15) is 4.98 Å². The molecule has 1 unspecified atom stereocenters. The molecule has 2 saturated heterocycles. The fourth-order valence-electron chi connectivity index (χ4n) is 4.00. The molecule has 1 atom stereocenters. The number of phenolic OH excluding ortho intramolecular Hbond substituents is 1. The molecule has 0 saturated carbocycles. The van der Waals surface area contributed by atoms with Crippen molar-refractivity contribution < 1.29 is 9.84 Å². The van der Waals surface area contributed by atoms with Gasteiger partial charge in [-0.1, -0.05) is 6.42 Å². The Morgan fingerprint density at radius 1 is 1.22 bits per heavy atom. The summed E-state index contributed by atoms with van der Waals surface area (Å²) in [5.41, 5.74) is 2.01. The monoisotopic (exact) mass is 371 g/mol. The Labute approximate surface area is 160 Å². The van der Waals surface area contributed by atoms with Crippen molar-refractivity contribution in [3.8, 4) is 17.1 Å². The Balaban J connectivity index is 1.50. The van der Waals surface area contributed by atoms with Gasteiger partial charge < -0.3 is 20.1 Å². The number of aromatic nitrogens is 3. The first-order valence-electron chi connectivity index (χ1n) is 9.99. The van der Waals surface area contributed by atoms with Crippen LogP contribution in [0.2, 0.25) is 0 Å². The lowest BCUT2D eigenvalue weighted by Gasteiger charge is -2.26. The van der Waals surface area contributed by atoms with E-state index in [1.165, 1.54) is 19.3 Å². The van der Waals surface area contributed by atoms with Crippen molar-refractivity contribution >= 4 is 5.95 Å². The number of ether oxygens (including phenoxy) is 1. The summed E-state index contributed by atoms with van der Waals surface area (Å²) in [6, 6.07) is 6.31. The average molecular weight is 371 g/mol. The second-order valence-electron chi connectivity index (χ2n) is 7.53. The number of aryl methyl sites for hydroxylation is 2. The molecule has 27 heavy (non-hydrogen) atoms. The summed E-state index contributed by atoms with van der Waals surface area (Å²) in [4.78, 5) is 6.93. The lowest BCUT2D eigenvalue weighted by atomic mass is 9.97. The SMILES string of the molecule is Cn1nc(-c2cc(O)cc(CCC3CCCCN3)c2)nc1N1CCOCC1.